The molecule has 0 saturated carbocycles. The minimum Gasteiger partial charge on any atom is -0.423 e. The third-order valence-corrected chi connectivity index (χ3v) is 7.28. The molecule has 170 valence electrons. The summed E-state index contributed by atoms with van der Waals surface area (Å²) in [4.78, 5) is 29.2. The maximum Gasteiger partial charge on any atom is 0.241 e. The minimum absolute atomic E-state index is 0.00839. The van der Waals surface area contributed by atoms with Crippen molar-refractivity contribution in [2.24, 2.45) is 17.8 Å². The molecule has 10 nitrogen and oxygen atoms in total. The van der Waals surface area contributed by atoms with Gasteiger partial charge in [0.2, 0.25) is 23.6 Å². The van der Waals surface area contributed by atoms with E-state index in [2.05, 4.69) is 10.2 Å². The lowest BCUT2D eigenvalue weighted by atomic mass is 9.82. The summed E-state index contributed by atoms with van der Waals surface area (Å²) in [7, 11) is 0. The number of carbonyl (C=O) groups is 2. The van der Waals surface area contributed by atoms with Gasteiger partial charge in [-0.05, 0) is 6.42 Å². The van der Waals surface area contributed by atoms with Gasteiger partial charge in [0.15, 0.2) is 0 Å². The van der Waals surface area contributed by atoms with Gasteiger partial charge < -0.3 is 28.8 Å². The number of ether oxygens (including phenoxy) is 2. The first-order valence-electron chi connectivity index (χ1n) is 11.2. The van der Waals surface area contributed by atoms with Crippen molar-refractivity contribution in [1.82, 2.24) is 20.0 Å². The van der Waals surface area contributed by atoms with E-state index in [1.165, 1.54) is 0 Å². The predicted molar refractivity (Wildman–Crippen MR) is 106 cm³/mol. The number of aliphatic hydroxyl groups is 1. The zero-order valence-corrected chi connectivity index (χ0v) is 18.1. The fourth-order valence-corrected chi connectivity index (χ4v) is 5.59. The molecule has 4 fully saturated rings. The first kappa shape index (κ1) is 20.8. The number of aromatic nitrogens is 2. The summed E-state index contributed by atoms with van der Waals surface area (Å²) in [6.45, 7) is 7.72. The Labute approximate surface area is 180 Å². The Kier molecular flexibility index (Phi) is 5.26. The fraction of sp³-hybridized carbons (Fsp3) is 0.810. The number of rotatable bonds is 3. The minimum atomic E-state index is -0.659. The van der Waals surface area contributed by atoms with Crippen molar-refractivity contribution in [1.29, 1.82) is 0 Å². The quantitative estimate of drug-likeness (QED) is 0.723. The molecule has 2 amide bonds. The maximum absolute atomic E-state index is 13.7. The molecule has 0 aliphatic carbocycles. The highest BCUT2D eigenvalue weighted by molar-refractivity contribution is 5.80. The molecule has 1 N–H and O–H groups in total. The molecule has 2 bridgehead atoms. The Hall–Kier alpha value is -2.04. The lowest BCUT2D eigenvalue weighted by Gasteiger charge is -2.38. The van der Waals surface area contributed by atoms with Crippen molar-refractivity contribution in [3.8, 4) is 0 Å². The third kappa shape index (κ3) is 3.44. The normalized spacial score (nSPS) is 37.4. The summed E-state index contributed by atoms with van der Waals surface area (Å²) in [5.74, 6) is 0.536. The number of carbonyl (C=O) groups excluding carboxylic acids is 2. The van der Waals surface area contributed by atoms with E-state index in [4.69, 9.17) is 13.9 Å². The number of hydrogen-bond donors (Lipinski definition) is 1. The van der Waals surface area contributed by atoms with Crippen LogP contribution in [0.3, 0.4) is 0 Å². The van der Waals surface area contributed by atoms with Crippen LogP contribution >= 0.6 is 0 Å². The summed E-state index contributed by atoms with van der Waals surface area (Å²) < 4.78 is 17.6. The molecule has 1 aromatic rings. The van der Waals surface area contributed by atoms with Gasteiger partial charge in [-0.15, -0.1) is 10.2 Å². The van der Waals surface area contributed by atoms with Gasteiger partial charge in [-0.3, -0.25) is 9.59 Å². The second-order valence-electron chi connectivity index (χ2n) is 9.48. The second kappa shape index (κ2) is 7.83. The van der Waals surface area contributed by atoms with Crippen LogP contribution in [0.15, 0.2) is 4.42 Å². The molecule has 0 spiro atoms. The Morgan fingerprint density at radius 2 is 1.97 bits per heavy atom. The van der Waals surface area contributed by atoms with Crippen molar-refractivity contribution in [3.63, 3.8) is 0 Å². The van der Waals surface area contributed by atoms with E-state index in [-0.39, 0.29) is 47.7 Å². The van der Waals surface area contributed by atoms with Crippen LogP contribution in [-0.2, 0) is 19.1 Å². The van der Waals surface area contributed by atoms with E-state index in [9.17, 15) is 14.7 Å². The molecular weight excluding hydrogens is 404 g/mol. The molecule has 5 rings (SSSR count). The molecule has 0 radical (unpaired) electrons. The van der Waals surface area contributed by atoms with Gasteiger partial charge >= 0.3 is 0 Å². The van der Waals surface area contributed by atoms with Crippen LogP contribution in [0.5, 0.6) is 0 Å². The molecule has 5 heterocycles. The van der Waals surface area contributed by atoms with Crippen LogP contribution in [0, 0.1) is 17.8 Å². The number of morpholine rings is 1. The largest absolute Gasteiger partial charge is 0.423 e. The molecule has 31 heavy (non-hydrogen) atoms. The van der Waals surface area contributed by atoms with Crippen LogP contribution in [0.4, 0.5) is 0 Å². The van der Waals surface area contributed by atoms with Gasteiger partial charge in [0.25, 0.3) is 0 Å². The number of fused-ring (bicyclic) bond motifs is 4. The van der Waals surface area contributed by atoms with Crippen LogP contribution in [-0.4, -0.2) is 88.1 Å². The molecule has 4 aliphatic heterocycles. The molecule has 10 heteroatoms. The van der Waals surface area contributed by atoms with Crippen LogP contribution in [0.2, 0.25) is 0 Å². The zero-order chi connectivity index (χ0) is 21.9. The number of hydrogen-bond acceptors (Lipinski definition) is 8. The van der Waals surface area contributed by atoms with E-state index in [1.807, 2.05) is 13.8 Å². The van der Waals surface area contributed by atoms with Crippen molar-refractivity contribution in [2.75, 3.05) is 32.8 Å². The van der Waals surface area contributed by atoms with E-state index < -0.39 is 12.1 Å². The predicted octanol–water partition coefficient (Wildman–Crippen LogP) is 0.336. The summed E-state index contributed by atoms with van der Waals surface area (Å²) >= 11 is 0. The van der Waals surface area contributed by atoms with Crippen molar-refractivity contribution < 1.29 is 28.6 Å². The lowest BCUT2D eigenvalue weighted by Crippen LogP contribution is -2.50. The smallest absolute Gasteiger partial charge is 0.241 e. The van der Waals surface area contributed by atoms with E-state index in [0.717, 1.165) is 0 Å². The van der Waals surface area contributed by atoms with Gasteiger partial charge in [-0.1, -0.05) is 13.8 Å². The molecule has 4 saturated heterocycles. The van der Waals surface area contributed by atoms with Gasteiger partial charge in [-0.2, -0.15) is 0 Å². The molecule has 1 aromatic heterocycles. The molecule has 7 atom stereocenters. The molecule has 4 aliphatic rings. The Morgan fingerprint density at radius 3 is 2.68 bits per heavy atom. The average Bonchev–Trinajstić information content (AvgIpc) is 3.49. The number of aliphatic hydroxyl groups excluding tert-OH is 1. The van der Waals surface area contributed by atoms with Gasteiger partial charge in [0, 0.05) is 44.3 Å². The number of nitrogens with zero attached hydrogens (tertiary/aromatic N) is 4. The van der Waals surface area contributed by atoms with Crippen LogP contribution < -0.4 is 0 Å². The van der Waals surface area contributed by atoms with E-state index in [1.54, 1.807) is 16.7 Å². The number of amides is 2. The molecule has 1 unspecified atom stereocenters. The third-order valence-electron chi connectivity index (χ3n) is 7.28. The Balaban J connectivity index is 1.38. The SMILES string of the molecule is CC(=O)N1C[C@H]2[C@H](O)[C@@H]3C[C@H](C(=O)N4CCOCC4c4nnc(C(C)C)o4)[C@@H](O3)[C@H]2C1. The number of likely N-dealkylation sites (tertiary alicyclic amines) is 1. The summed E-state index contributed by atoms with van der Waals surface area (Å²) in [5, 5.41) is 19.1. The summed E-state index contributed by atoms with van der Waals surface area (Å²) in [6.07, 6.45) is -0.841. The van der Waals surface area contributed by atoms with Crippen molar-refractivity contribution in [3.05, 3.63) is 11.8 Å². The van der Waals surface area contributed by atoms with E-state index >= 15 is 0 Å². The molecule has 0 aromatic carbocycles. The highest BCUT2D eigenvalue weighted by Gasteiger charge is 2.59. The highest BCUT2D eigenvalue weighted by atomic mass is 16.5. The molecular formula is C21H30N4O6. The standard InChI is InChI=1S/C21H30N4O6/c1-10(2)19-22-23-20(31-19)15-9-29-5-4-25(15)21(28)12-6-16-17(27)13-7-24(11(3)26)8-14(13)18(12)30-16/h10,12-18,27H,4-9H2,1-3H3/t12-,13+,14-,15?,16-,17-,18+/m0/s1. The lowest BCUT2D eigenvalue weighted by molar-refractivity contribution is -0.154. The Bertz CT molecular complexity index is 859. The second-order valence-corrected chi connectivity index (χ2v) is 9.48. The average molecular weight is 434 g/mol. The monoisotopic (exact) mass is 434 g/mol. The first-order valence-corrected chi connectivity index (χ1v) is 11.2. The maximum atomic E-state index is 13.7. The summed E-state index contributed by atoms with van der Waals surface area (Å²) in [5.41, 5.74) is 0. The zero-order valence-electron chi connectivity index (χ0n) is 18.1. The topological polar surface area (TPSA) is 118 Å². The van der Waals surface area contributed by atoms with Gasteiger partial charge in [0.05, 0.1) is 37.4 Å². The van der Waals surface area contributed by atoms with E-state index in [0.29, 0.717) is 51.1 Å². The first-order chi connectivity index (χ1) is 14.8. The van der Waals surface area contributed by atoms with Crippen molar-refractivity contribution in [2.45, 2.75) is 57.5 Å². The van der Waals surface area contributed by atoms with Gasteiger partial charge in [-0.25, -0.2) is 0 Å². The van der Waals surface area contributed by atoms with Crippen molar-refractivity contribution >= 4 is 11.8 Å². The van der Waals surface area contributed by atoms with Gasteiger partial charge in [0.1, 0.15) is 6.04 Å². The highest BCUT2D eigenvalue weighted by Crippen LogP contribution is 2.48. The fourth-order valence-electron chi connectivity index (χ4n) is 5.59. The van der Waals surface area contributed by atoms with Crippen LogP contribution in [0.1, 0.15) is 50.9 Å². The summed E-state index contributed by atoms with van der Waals surface area (Å²) in [6, 6.07) is -0.431. The van der Waals surface area contributed by atoms with Crippen LogP contribution in [0.25, 0.3) is 0 Å². The Morgan fingerprint density at radius 1 is 1.19 bits per heavy atom.